The normalized spacial score (nSPS) is 23.1. The van der Waals surface area contributed by atoms with Gasteiger partial charge in [0, 0.05) is 0 Å². The van der Waals surface area contributed by atoms with Gasteiger partial charge in [-0.3, -0.25) is 0 Å². The molecule has 2 N–H and O–H groups in total. The van der Waals surface area contributed by atoms with Crippen molar-refractivity contribution in [1.82, 2.24) is 0 Å². The highest BCUT2D eigenvalue weighted by Crippen LogP contribution is 2.32. The third-order valence-electron chi connectivity index (χ3n) is 5.55. The second kappa shape index (κ2) is 13.6. The topological polar surface area (TPSA) is 26.0 Å². The van der Waals surface area contributed by atoms with Crippen LogP contribution in [0.4, 0.5) is 0 Å². The highest BCUT2D eigenvalue weighted by Gasteiger charge is 2.21. The van der Waals surface area contributed by atoms with Crippen LogP contribution in [0.1, 0.15) is 110 Å². The zero-order valence-corrected chi connectivity index (χ0v) is 14.8. The molecular formula is C20H41N. The Labute approximate surface area is 134 Å². The number of nitrogens with two attached hydrogens (primary N) is 1. The van der Waals surface area contributed by atoms with Crippen LogP contribution in [0.2, 0.25) is 0 Å². The first-order chi connectivity index (χ1) is 10.4. The minimum Gasteiger partial charge on any atom is -0.330 e. The molecule has 1 rings (SSSR count). The lowest BCUT2D eigenvalue weighted by Gasteiger charge is -2.23. The molecule has 2 atom stereocenters. The van der Waals surface area contributed by atoms with E-state index in [1.54, 1.807) is 0 Å². The zero-order chi connectivity index (χ0) is 15.2. The van der Waals surface area contributed by atoms with E-state index in [1.807, 2.05) is 0 Å². The number of rotatable bonds is 12. The molecule has 0 saturated heterocycles. The van der Waals surface area contributed by atoms with Gasteiger partial charge in [0.25, 0.3) is 0 Å². The Bertz CT molecular complexity index is 214. The standard InChI is InChI=1S/C20H41N/c1-2-3-4-5-6-7-8-9-10-12-15-19-16-13-11-14-17-20(19)18-21/h19-20H,2-18,21H2,1H3. The first-order valence-electron chi connectivity index (χ1n) is 10.1. The highest BCUT2D eigenvalue weighted by atomic mass is 14.6. The molecule has 1 nitrogen and oxygen atoms in total. The molecule has 0 aromatic carbocycles. The van der Waals surface area contributed by atoms with E-state index in [4.69, 9.17) is 5.73 Å². The molecule has 1 heteroatoms. The number of hydrogen-bond donors (Lipinski definition) is 1. The molecule has 0 spiro atoms. The van der Waals surface area contributed by atoms with Gasteiger partial charge in [0.2, 0.25) is 0 Å². The number of hydrogen-bond acceptors (Lipinski definition) is 1. The van der Waals surface area contributed by atoms with Crippen molar-refractivity contribution in [3.8, 4) is 0 Å². The van der Waals surface area contributed by atoms with E-state index in [9.17, 15) is 0 Å². The minimum absolute atomic E-state index is 0.839. The predicted octanol–water partition coefficient (Wildman–Crippen LogP) is 6.45. The van der Waals surface area contributed by atoms with E-state index >= 15 is 0 Å². The maximum atomic E-state index is 5.98. The molecule has 0 radical (unpaired) electrons. The number of unbranched alkanes of at least 4 members (excludes halogenated alkanes) is 9. The van der Waals surface area contributed by atoms with Crippen LogP contribution in [-0.2, 0) is 0 Å². The van der Waals surface area contributed by atoms with Crippen molar-refractivity contribution in [2.75, 3.05) is 6.54 Å². The summed E-state index contributed by atoms with van der Waals surface area (Å²) in [7, 11) is 0. The zero-order valence-electron chi connectivity index (χ0n) is 14.8. The van der Waals surface area contributed by atoms with Gasteiger partial charge in [-0.2, -0.15) is 0 Å². The Morgan fingerprint density at radius 3 is 1.76 bits per heavy atom. The van der Waals surface area contributed by atoms with Gasteiger partial charge in [0.15, 0.2) is 0 Å². The summed E-state index contributed by atoms with van der Waals surface area (Å²) in [6.07, 6.45) is 23.2. The molecule has 0 aromatic rings. The lowest BCUT2D eigenvalue weighted by atomic mass is 9.84. The van der Waals surface area contributed by atoms with E-state index in [2.05, 4.69) is 6.92 Å². The van der Waals surface area contributed by atoms with Gasteiger partial charge >= 0.3 is 0 Å². The lowest BCUT2D eigenvalue weighted by Crippen LogP contribution is -2.22. The Morgan fingerprint density at radius 2 is 1.19 bits per heavy atom. The fraction of sp³-hybridized carbons (Fsp3) is 1.00. The van der Waals surface area contributed by atoms with Crippen molar-refractivity contribution in [2.45, 2.75) is 110 Å². The molecule has 0 aromatic heterocycles. The van der Waals surface area contributed by atoms with Crippen LogP contribution < -0.4 is 5.73 Å². The molecule has 0 aliphatic heterocycles. The molecule has 126 valence electrons. The summed E-state index contributed by atoms with van der Waals surface area (Å²) in [6.45, 7) is 3.23. The Balaban J connectivity index is 1.93. The maximum absolute atomic E-state index is 5.98. The van der Waals surface area contributed by atoms with Gasteiger partial charge in [0.05, 0.1) is 0 Å². The molecular weight excluding hydrogens is 254 g/mol. The lowest BCUT2D eigenvalue weighted by molar-refractivity contribution is 0.292. The fourth-order valence-corrected chi connectivity index (χ4v) is 4.05. The van der Waals surface area contributed by atoms with Gasteiger partial charge in [-0.1, -0.05) is 103 Å². The first kappa shape index (κ1) is 19.0. The summed E-state index contributed by atoms with van der Waals surface area (Å²) in [5.41, 5.74) is 5.98. The van der Waals surface area contributed by atoms with E-state index < -0.39 is 0 Å². The summed E-state index contributed by atoms with van der Waals surface area (Å²) >= 11 is 0. The van der Waals surface area contributed by atoms with Gasteiger partial charge < -0.3 is 5.73 Å². The summed E-state index contributed by atoms with van der Waals surface area (Å²) in [5.74, 6) is 1.79. The summed E-state index contributed by atoms with van der Waals surface area (Å²) < 4.78 is 0. The molecule has 1 fully saturated rings. The third-order valence-corrected chi connectivity index (χ3v) is 5.55. The van der Waals surface area contributed by atoms with E-state index in [-0.39, 0.29) is 0 Å². The summed E-state index contributed by atoms with van der Waals surface area (Å²) in [5, 5.41) is 0. The van der Waals surface area contributed by atoms with Crippen LogP contribution >= 0.6 is 0 Å². The molecule has 1 aliphatic carbocycles. The maximum Gasteiger partial charge on any atom is -0.00462 e. The monoisotopic (exact) mass is 295 g/mol. The molecule has 0 heterocycles. The Morgan fingerprint density at radius 1 is 0.667 bits per heavy atom. The van der Waals surface area contributed by atoms with Crippen molar-refractivity contribution < 1.29 is 0 Å². The van der Waals surface area contributed by atoms with E-state index in [0.29, 0.717) is 0 Å². The van der Waals surface area contributed by atoms with Crippen molar-refractivity contribution in [3.05, 3.63) is 0 Å². The molecule has 1 aliphatic rings. The van der Waals surface area contributed by atoms with Crippen molar-refractivity contribution in [3.63, 3.8) is 0 Å². The summed E-state index contributed by atoms with van der Waals surface area (Å²) in [4.78, 5) is 0. The van der Waals surface area contributed by atoms with Crippen LogP contribution in [0.15, 0.2) is 0 Å². The van der Waals surface area contributed by atoms with E-state index in [0.717, 1.165) is 18.4 Å². The quantitative estimate of drug-likeness (QED) is 0.325. The van der Waals surface area contributed by atoms with Crippen LogP contribution in [0.5, 0.6) is 0 Å². The smallest absolute Gasteiger partial charge is 0.00462 e. The summed E-state index contributed by atoms with van der Waals surface area (Å²) in [6, 6.07) is 0. The Kier molecular flexibility index (Phi) is 12.3. The second-order valence-corrected chi connectivity index (χ2v) is 7.36. The van der Waals surface area contributed by atoms with Gasteiger partial charge in [0.1, 0.15) is 0 Å². The van der Waals surface area contributed by atoms with E-state index in [1.165, 1.54) is 103 Å². The van der Waals surface area contributed by atoms with Crippen molar-refractivity contribution >= 4 is 0 Å². The van der Waals surface area contributed by atoms with Gasteiger partial charge in [-0.05, 0) is 24.8 Å². The molecule has 2 unspecified atom stereocenters. The Hall–Kier alpha value is -0.0400. The molecule has 0 bridgehead atoms. The predicted molar refractivity (Wildman–Crippen MR) is 95.6 cm³/mol. The third kappa shape index (κ3) is 9.55. The molecule has 1 saturated carbocycles. The fourth-order valence-electron chi connectivity index (χ4n) is 4.05. The second-order valence-electron chi connectivity index (χ2n) is 7.36. The SMILES string of the molecule is CCCCCCCCCCCCC1CCCCCC1CN. The van der Waals surface area contributed by atoms with Gasteiger partial charge in [-0.25, -0.2) is 0 Å². The average molecular weight is 296 g/mol. The highest BCUT2D eigenvalue weighted by molar-refractivity contribution is 4.74. The average Bonchev–Trinajstić information content (AvgIpc) is 2.74. The van der Waals surface area contributed by atoms with Crippen LogP contribution in [-0.4, -0.2) is 6.54 Å². The largest absolute Gasteiger partial charge is 0.330 e. The minimum atomic E-state index is 0.839. The van der Waals surface area contributed by atoms with Crippen molar-refractivity contribution in [2.24, 2.45) is 17.6 Å². The first-order valence-corrected chi connectivity index (χ1v) is 10.1. The molecule has 21 heavy (non-hydrogen) atoms. The van der Waals surface area contributed by atoms with Crippen LogP contribution in [0, 0.1) is 11.8 Å². The van der Waals surface area contributed by atoms with Gasteiger partial charge in [-0.15, -0.1) is 0 Å². The molecule has 0 amide bonds. The van der Waals surface area contributed by atoms with Crippen LogP contribution in [0.25, 0.3) is 0 Å². The van der Waals surface area contributed by atoms with Crippen molar-refractivity contribution in [1.29, 1.82) is 0 Å². The van der Waals surface area contributed by atoms with Crippen LogP contribution in [0.3, 0.4) is 0 Å².